The van der Waals surface area contributed by atoms with E-state index in [9.17, 15) is 0 Å². The van der Waals surface area contributed by atoms with E-state index in [2.05, 4.69) is 48.5 Å². The van der Waals surface area contributed by atoms with Gasteiger partial charge in [0.2, 0.25) is 0 Å². The molecule has 0 amide bonds. The van der Waals surface area contributed by atoms with Crippen molar-refractivity contribution < 1.29 is 9.47 Å². The van der Waals surface area contributed by atoms with E-state index in [0.717, 1.165) is 30.4 Å². The van der Waals surface area contributed by atoms with Gasteiger partial charge in [-0.05, 0) is 50.8 Å². The number of aliphatic imine (C=N–C) groups is 1. The quantitative estimate of drug-likeness (QED) is 0.537. The molecule has 0 aromatic heterocycles. The second-order valence-electron chi connectivity index (χ2n) is 6.07. The summed E-state index contributed by atoms with van der Waals surface area (Å²) in [5, 5.41) is 6.77. The van der Waals surface area contributed by atoms with Crippen molar-refractivity contribution in [3.63, 3.8) is 0 Å². The Balaban J connectivity index is 2.58. The Morgan fingerprint density at radius 1 is 1.08 bits per heavy atom. The Morgan fingerprint density at radius 3 is 2.33 bits per heavy atom. The lowest BCUT2D eigenvalue weighted by atomic mass is 10.1. The monoisotopic (exact) mass is 335 g/mol. The first-order valence-corrected chi connectivity index (χ1v) is 8.87. The molecule has 1 unspecified atom stereocenters. The number of rotatable bonds is 9. The molecule has 0 bridgehead atoms. The molecule has 0 saturated carbocycles. The fourth-order valence-electron chi connectivity index (χ4n) is 2.15. The third-order valence-corrected chi connectivity index (χ3v) is 3.90. The summed E-state index contributed by atoms with van der Waals surface area (Å²) < 4.78 is 11.3. The van der Waals surface area contributed by atoms with Crippen LogP contribution in [0.15, 0.2) is 23.2 Å². The molecule has 1 aromatic carbocycles. The van der Waals surface area contributed by atoms with Gasteiger partial charge in [-0.2, -0.15) is 0 Å². The summed E-state index contributed by atoms with van der Waals surface area (Å²) in [5.41, 5.74) is 1.21. The molecular weight excluding hydrogens is 302 g/mol. The van der Waals surface area contributed by atoms with Gasteiger partial charge in [-0.1, -0.05) is 19.9 Å². The standard InChI is InChI=1S/C19H33N3O2/c1-7-23-17-10-9-16(13-18(17)24-8-2)11-12-21-19(20-6)22-15(5)14(3)4/h9-10,13-15H,7-8,11-12H2,1-6H3,(H2,20,21,22). The van der Waals surface area contributed by atoms with E-state index in [-0.39, 0.29) is 0 Å². The first-order valence-electron chi connectivity index (χ1n) is 8.87. The molecule has 1 atom stereocenters. The second kappa shape index (κ2) is 10.8. The van der Waals surface area contributed by atoms with Crippen molar-refractivity contribution in [2.45, 2.75) is 47.1 Å². The molecule has 136 valence electrons. The summed E-state index contributed by atoms with van der Waals surface area (Å²) in [4.78, 5) is 4.28. The number of hydrogen-bond donors (Lipinski definition) is 2. The fourth-order valence-corrected chi connectivity index (χ4v) is 2.15. The van der Waals surface area contributed by atoms with E-state index in [4.69, 9.17) is 9.47 Å². The minimum atomic E-state index is 0.381. The summed E-state index contributed by atoms with van der Waals surface area (Å²) in [6, 6.07) is 6.51. The minimum Gasteiger partial charge on any atom is -0.490 e. The smallest absolute Gasteiger partial charge is 0.191 e. The lowest BCUT2D eigenvalue weighted by Crippen LogP contribution is -2.44. The SMILES string of the molecule is CCOc1ccc(CCNC(=NC)NC(C)C(C)C)cc1OCC. The van der Waals surface area contributed by atoms with Crippen LogP contribution < -0.4 is 20.1 Å². The molecular formula is C19H33N3O2. The first-order chi connectivity index (χ1) is 11.5. The maximum Gasteiger partial charge on any atom is 0.191 e. The second-order valence-corrected chi connectivity index (χ2v) is 6.07. The molecule has 0 aliphatic heterocycles. The van der Waals surface area contributed by atoms with Crippen LogP contribution in [0.5, 0.6) is 11.5 Å². The molecule has 0 saturated heterocycles. The van der Waals surface area contributed by atoms with Gasteiger partial charge in [0.15, 0.2) is 17.5 Å². The van der Waals surface area contributed by atoms with Crippen molar-refractivity contribution in [2.24, 2.45) is 10.9 Å². The Morgan fingerprint density at radius 2 is 1.75 bits per heavy atom. The van der Waals surface area contributed by atoms with Crippen LogP contribution in [-0.4, -0.2) is 38.8 Å². The average molecular weight is 335 g/mol. The van der Waals surface area contributed by atoms with Crippen molar-refractivity contribution in [3.05, 3.63) is 23.8 Å². The highest BCUT2D eigenvalue weighted by atomic mass is 16.5. The summed E-state index contributed by atoms with van der Waals surface area (Å²) >= 11 is 0. The van der Waals surface area contributed by atoms with Crippen LogP contribution in [-0.2, 0) is 6.42 Å². The Labute approximate surface area is 146 Å². The lowest BCUT2D eigenvalue weighted by Gasteiger charge is -2.20. The predicted octanol–water partition coefficient (Wildman–Crippen LogP) is 3.24. The van der Waals surface area contributed by atoms with Crippen LogP contribution in [0.25, 0.3) is 0 Å². The number of benzene rings is 1. The molecule has 0 radical (unpaired) electrons. The van der Waals surface area contributed by atoms with Gasteiger partial charge in [-0.15, -0.1) is 0 Å². The van der Waals surface area contributed by atoms with Gasteiger partial charge in [-0.3, -0.25) is 4.99 Å². The highest BCUT2D eigenvalue weighted by Crippen LogP contribution is 2.28. The molecule has 0 aliphatic carbocycles. The van der Waals surface area contributed by atoms with Crippen LogP contribution in [0.3, 0.4) is 0 Å². The van der Waals surface area contributed by atoms with Crippen molar-refractivity contribution >= 4 is 5.96 Å². The number of nitrogens with zero attached hydrogens (tertiary/aromatic N) is 1. The van der Waals surface area contributed by atoms with Crippen LogP contribution in [0.1, 0.15) is 40.2 Å². The minimum absolute atomic E-state index is 0.381. The van der Waals surface area contributed by atoms with Crippen LogP contribution in [0.2, 0.25) is 0 Å². The van der Waals surface area contributed by atoms with Gasteiger partial charge < -0.3 is 20.1 Å². The van der Waals surface area contributed by atoms with Gasteiger partial charge in [0, 0.05) is 19.6 Å². The molecule has 5 nitrogen and oxygen atoms in total. The fraction of sp³-hybridized carbons (Fsp3) is 0.632. The maximum atomic E-state index is 5.68. The highest BCUT2D eigenvalue weighted by Gasteiger charge is 2.09. The Kier molecular flexibility index (Phi) is 9.05. The van der Waals surface area contributed by atoms with Crippen LogP contribution in [0.4, 0.5) is 0 Å². The van der Waals surface area contributed by atoms with E-state index in [1.54, 1.807) is 7.05 Å². The average Bonchev–Trinajstić information content (AvgIpc) is 2.56. The number of nitrogens with one attached hydrogen (secondary N) is 2. The third kappa shape index (κ3) is 6.69. The zero-order valence-corrected chi connectivity index (χ0v) is 16.0. The topological polar surface area (TPSA) is 54.9 Å². The molecule has 5 heteroatoms. The van der Waals surface area contributed by atoms with Gasteiger partial charge in [0.25, 0.3) is 0 Å². The molecule has 1 rings (SSSR count). The highest BCUT2D eigenvalue weighted by molar-refractivity contribution is 5.79. The van der Waals surface area contributed by atoms with Crippen LogP contribution >= 0.6 is 0 Å². The molecule has 0 aliphatic rings. The summed E-state index contributed by atoms with van der Waals surface area (Å²) in [5.74, 6) is 3.02. The summed E-state index contributed by atoms with van der Waals surface area (Å²) in [6.07, 6.45) is 0.892. The van der Waals surface area contributed by atoms with Crippen molar-refractivity contribution in [3.8, 4) is 11.5 Å². The van der Waals surface area contributed by atoms with Crippen molar-refractivity contribution in [1.82, 2.24) is 10.6 Å². The largest absolute Gasteiger partial charge is 0.490 e. The molecule has 2 N–H and O–H groups in total. The summed E-state index contributed by atoms with van der Waals surface area (Å²) in [6.45, 7) is 12.6. The molecule has 0 spiro atoms. The first kappa shape index (κ1) is 20.1. The Bertz CT molecular complexity index is 515. The van der Waals surface area contributed by atoms with Crippen molar-refractivity contribution in [2.75, 3.05) is 26.8 Å². The van der Waals surface area contributed by atoms with E-state index < -0.39 is 0 Å². The number of guanidine groups is 1. The van der Waals surface area contributed by atoms with Crippen LogP contribution in [0, 0.1) is 5.92 Å². The van der Waals surface area contributed by atoms with E-state index in [1.807, 2.05) is 19.9 Å². The van der Waals surface area contributed by atoms with E-state index >= 15 is 0 Å². The van der Waals surface area contributed by atoms with Crippen molar-refractivity contribution in [1.29, 1.82) is 0 Å². The molecule has 1 aromatic rings. The lowest BCUT2D eigenvalue weighted by molar-refractivity contribution is 0.287. The number of ether oxygens (including phenoxy) is 2. The van der Waals surface area contributed by atoms with Gasteiger partial charge >= 0.3 is 0 Å². The Hall–Kier alpha value is -1.91. The number of hydrogen-bond acceptors (Lipinski definition) is 3. The zero-order valence-electron chi connectivity index (χ0n) is 16.0. The summed E-state index contributed by atoms with van der Waals surface area (Å²) in [7, 11) is 1.80. The predicted molar refractivity (Wildman–Crippen MR) is 101 cm³/mol. The molecule has 0 fully saturated rings. The molecule has 0 heterocycles. The van der Waals surface area contributed by atoms with Gasteiger partial charge in [0.05, 0.1) is 13.2 Å². The third-order valence-electron chi connectivity index (χ3n) is 3.90. The normalized spacial score (nSPS) is 12.9. The van der Waals surface area contributed by atoms with E-state index in [0.29, 0.717) is 25.2 Å². The maximum absolute atomic E-state index is 5.68. The van der Waals surface area contributed by atoms with Gasteiger partial charge in [0.1, 0.15) is 0 Å². The van der Waals surface area contributed by atoms with Gasteiger partial charge in [-0.25, -0.2) is 0 Å². The zero-order chi connectivity index (χ0) is 17.9. The molecule has 24 heavy (non-hydrogen) atoms. The van der Waals surface area contributed by atoms with E-state index in [1.165, 1.54) is 5.56 Å².